The summed E-state index contributed by atoms with van der Waals surface area (Å²) in [5.41, 5.74) is -1.29. The molecule has 5 rings (SSSR count). The Labute approximate surface area is 242 Å². The van der Waals surface area contributed by atoms with Gasteiger partial charge in [0.1, 0.15) is 0 Å². The maximum Gasteiger partial charge on any atom is 0.336 e. The lowest BCUT2D eigenvalue weighted by Gasteiger charge is -2.18. The van der Waals surface area contributed by atoms with Crippen LogP contribution in [0.1, 0.15) is 12.8 Å². The van der Waals surface area contributed by atoms with Crippen LogP contribution in [-0.4, -0.2) is 88.1 Å². The van der Waals surface area contributed by atoms with Crippen molar-refractivity contribution in [1.82, 2.24) is 14.9 Å². The number of aliphatic hydroxyl groups is 1. The zero-order valence-corrected chi connectivity index (χ0v) is 23.4. The zero-order chi connectivity index (χ0) is 31.5. The number of methoxy groups -OCH3 is 2. The first-order valence-corrected chi connectivity index (χ1v) is 12.8. The van der Waals surface area contributed by atoms with Gasteiger partial charge in [-0.15, -0.1) is 0 Å². The molecule has 43 heavy (non-hydrogen) atoms. The van der Waals surface area contributed by atoms with Crippen LogP contribution in [0.4, 0.5) is 0 Å². The van der Waals surface area contributed by atoms with Crippen LogP contribution in [0.15, 0.2) is 35.3 Å². The van der Waals surface area contributed by atoms with Gasteiger partial charge in [-0.3, -0.25) is 19.4 Å². The lowest BCUT2D eigenvalue weighted by molar-refractivity contribution is -0.170. The summed E-state index contributed by atoms with van der Waals surface area (Å²) in [6.07, 6.45) is -0.493. The molecule has 3 heterocycles. The van der Waals surface area contributed by atoms with E-state index in [1.54, 1.807) is 31.0 Å². The highest BCUT2D eigenvalue weighted by Gasteiger charge is 2.40. The molecule has 0 aliphatic carbocycles. The van der Waals surface area contributed by atoms with Crippen molar-refractivity contribution in [3.63, 3.8) is 0 Å². The molecule has 4 aromatic rings. The number of likely N-dealkylation sites (N-methyl/N-ethyl adjacent to an activating group) is 1. The van der Waals surface area contributed by atoms with Gasteiger partial charge < -0.3 is 49.3 Å². The lowest BCUT2D eigenvalue weighted by atomic mass is 9.96. The van der Waals surface area contributed by atoms with E-state index in [1.807, 2.05) is 25.2 Å². The SMILES string of the molecule is CNCCn1c(=O)c2cc(OC)c(OC)cc2c2cnc3cc4c(cc3c21)OCO4.O=C(O)CC(O)(CC(=O)O)C(=O)O. The third kappa shape index (κ3) is 6.07. The first kappa shape index (κ1) is 30.8. The van der Waals surface area contributed by atoms with Crippen LogP contribution in [-0.2, 0) is 20.9 Å². The van der Waals surface area contributed by atoms with E-state index in [0.717, 1.165) is 27.2 Å². The van der Waals surface area contributed by atoms with Crippen molar-refractivity contribution in [1.29, 1.82) is 0 Å². The Bertz CT molecular complexity index is 1780. The number of rotatable bonds is 10. The van der Waals surface area contributed by atoms with Gasteiger partial charge in [0, 0.05) is 41.5 Å². The van der Waals surface area contributed by atoms with Gasteiger partial charge in [-0.2, -0.15) is 0 Å². The van der Waals surface area contributed by atoms with Gasteiger partial charge in [0.2, 0.25) is 6.79 Å². The quantitative estimate of drug-likeness (QED) is 0.163. The van der Waals surface area contributed by atoms with Crippen LogP contribution >= 0.6 is 0 Å². The van der Waals surface area contributed by atoms with Crippen LogP contribution in [0.5, 0.6) is 23.0 Å². The topological polar surface area (TPSA) is 216 Å². The van der Waals surface area contributed by atoms with E-state index in [4.69, 9.17) is 39.4 Å². The van der Waals surface area contributed by atoms with Crippen LogP contribution in [0.2, 0.25) is 0 Å². The second kappa shape index (κ2) is 12.4. The van der Waals surface area contributed by atoms with E-state index < -0.39 is 36.4 Å². The average molecular weight is 600 g/mol. The van der Waals surface area contributed by atoms with Crippen molar-refractivity contribution in [3.05, 3.63) is 40.8 Å². The van der Waals surface area contributed by atoms with Gasteiger partial charge >= 0.3 is 17.9 Å². The van der Waals surface area contributed by atoms with Gasteiger partial charge in [0.25, 0.3) is 5.56 Å². The van der Waals surface area contributed by atoms with Gasteiger partial charge in [-0.1, -0.05) is 0 Å². The number of hydrogen-bond acceptors (Lipinski definition) is 11. The molecule has 15 nitrogen and oxygen atoms in total. The third-order valence-corrected chi connectivity index (χ3v) is 6.76. The summed E-state index contributed by atoms with van der Waals surface area (Å²) in [5.74, 6) is -2.64. The highest BCUT2D eigenvalue weighted by molar-refractivity contribution is 6.15. The minimum atomic E-state index is -2.74. The van der Waals surface area contributed by atoms with Crippen LogP contribution in [0.25, 0.3) is 32.6 Å². The van der Waals surface area contributed by atoms with Crippen LogP contribution in [0, 0.1) is 0 Å². The summed E-state index contributed by atoms with van der Waals surface area (Å²) in [5, 5.41) is 39.9. The number of ether oxygens (including phenoxy) is 4. The number of aliphatic carboxylic acids is 3. The number of fused-ring (bicyclic) bond motifs is 6. The summed E-state index contributed by atoms with van der Waals surface area (Å²) < 4.78 is 23.7. The highest BCUT2D eigenvalue weighted by atomic mass is 16.7. The summed E-state index contributed by atoms with van der Waals surface area (Å²) in [7, 11) is 5.00. The van der Waals surface area contributed by atoms with E-state index in [0.29, 0.717) is 41.5 Å². The maximum atomic E-state index is 13.6. The van der Waals surface area contributed by atoms with E-state index in [2.05, 4.69) is 10.3 Å². The van der Waals surface area contributed by atoms with Crippen LogP contribution in [0.3, 0.4) is 0 Å². The Kier molecular flexibility index (Phi) is 8.87. The second-order valence-electron chi connectivity index (χ2n) is 9.53. The summed E-state index contributed by atoms with van der Waals surface area (Å²) in [6.45, 7) is 1.32. The van der Waals surface area contributed by atoms with E-state index in [9.17, 15) is 19.2 Å². The number of carboxylic acids is 3. The minimum absolute atomic E-state index is 0.0983. The molecule has 2 aromatic heterocycles. The molecule has 2 aromatic carbocycles. The van der Waals surface area contributed by atoms with Crippen molar-refractivity contribution in [2.24, 2.45) is 0 Å². The first-order valence-electron chi connectivity index (χ1n) is 12.8. The molecule has 228 valence electrons. The van der Waals surface area contributed by atoms with Crippen molar-refractivity contribution in [2.75, 3.05) is 34.6 Å². The Morgan fingerprint density at radius 3 is 2.05 bits per heavy atom. The number of hydrogen-bond donors (Lipinski definition) is 5. The maximum absolute atomic E-state index is 13.6. The van der Waals surface area contributed by atoms with Crippen molar-refractivity contribution >= 4 is 50.5 Å². The van der Waals surface area contributed by atoms with Crippen molar-refractivity contribution in [3.8, 4) is 23.0 Å². The molecule has 0 amide bonds. The van der Waals surface area contributed by atoms with Gasteiger partial charge in [-0.05, 0) is 25.2 Å². The molecule has 15 heteroatoms. The Morgan fingerprint density at radius 2 is 1.51 bits per heavy atom. The number of benzene rings is 2. The molecule has 1 aliphatic heterocycles. The molecular weight excluding hydrogens is 570 g/mol. The molecule has 5 N–H and O–H groups in total. The van der Waals surface area contributed by atoms with Gasteiger partial charge in [0.05, 0.1) is 43.5 Å². The predicted molar refractivity (Wildman–Crippen MR) is 151 cm³/mol. The summed E-state index contributed by atoms with van der Waals surface area (Å²) in [6, 6.07) is 7.31. The summed E-state index contributed by atoms with van der Waals surface area (Å²) >= 11 is 0. The molecule has 0 bridgehead atoms. The van der Waals surface area contributed by atoms with Gasteiger partial charge in [-0.25, -0.2) is 4.79 Å². The molecule has 0 spiro atoms. The minimum Gasteiger partial charge on any atom is -0.493 e. The average Bonchev–Trinajstić information content (AvgIpc) is 3.42. The zero-order valence-electron chi connectivity index (χ0n) is 23.4. The molecular formula is C28H29N3O12. The lowest BCUT2D eigenvalue weighted by Crippen LogP contribution is -2.42. The van der Waals surface area contributed by atoms with E-state index in [1.165, 1.54) is 0 Å². The third-order valence-electron chi connectivity index (χ3n) is 6.76. The number of nitrogens with zero attached hydrogens (tertiary/aromatic N) is 2. The number of carbonyl (C=O) groups is 3. The monoisotopic (exact) mass is 599 g/mol. The number of carboxylic acid groups (broad SMARTS) is 3. The number of aromatic nitrogens is 2. The Morgan fingerprint density at radius 1 is 0.930 bits per heavy atom. The van der Waals surface area contributed by atoms with E-state index in [-0.39, 0.29) is 12.4 Å². The number of pyridine rings is 2. The standard InChI is InChI=1S/C22H21N3O5.C6H8O7/c1-23-4-5-25-21-14-8-19-20(30-11-29-19)9-16(14)24-10-15(21)12-6-17(27-2)18(28-3)7-13(12)22(25)26;7-3(8)1-6(13,5(11)12)2-4(9)10/h6-10,23H,4-5,11H2,1-3H3;13H,1-2H2,(H,7,8)(H,9,10)(H,11,12). The highest BCUT2D eigenvalue weighted by Crippen LogP contribution is 2.40. The summed E-state index contributed by atoms with van der Waals surface area (Å²) in [4.78, 5) is 48.7. The molecule has 0 saturated heterocycles. The van der Waals surface area contributed by atoms with Crippen LogP contribution < -0.4 is 29.8 Å². The first-order chi connectivity index (χ1) is 20.4. The van der Waals surface area contributed by atoms with Crippen molar-refractivity contribution < 1.29 is 53.8 Å². The normalized spacial score (nSPS) is 12.2. The van der Waals surface area contributed by atoms with Gasteiger partial charge in [0.15, 0.2) is 28.6 Å². The molecule has 0 fully saturated rings. The fourth-order valence-electron chi connectivity index (χ4n) is 4.73. The fraction of sp³-hybridized carbons (Fsp3) is 0.321. The fourth-order valence-corrected chi connectivity index (χ4v) is 4.73. The molecule has 1 aliphatic rings. The molecule has 0 atom stereocenters. The molecule has 0 unspecified atom stereocenters. The Balaban J connectivity index is 0.000000277. The Hall–Kier alpha value is -5.15. The van der Waals surface area contributed by atoms with E-state index >= 15 is 0 Å². The number of nitrogens with one attached hydrogen (secondary N) is 1. The second-order valence-corrected chi connectivity index (χ2v) is 9.53. The van der Waals surface area contributed by atoms with Crippen molar-refractivity contribution in [2.45, 2.75) is 25.0 Å². The molecule has 0 saturated carbocycles. The smallest absolute Gasteiger partial charge is 0.336 e. The predicted octanol–water partition coefficient (Wildman–Crippen LogP) is 1.42. The molecule has 0 radical (unpaired) electrons. The largest absolute Gasteiger partial charge is 0.493 e.